The highest BCUT2D eigenvalue weighted by Crippen LogP contribution is 2.30. The number of methoxy groups -OCH3 is 1. The molecule has 2 amide bonds. The lowest BCUT2D eigenvalue weighted by Crippen LogP contribution is -2.32. The second-order valence-electron chi connectivity index (χ2n) is 4.00. The number of hydroxylamine groups is 2. The summed E-state index contributed by atoms with van der Waals surface area (Å²) in [6.45, 7) is 0. The molecule has 1 heterocycles. The predicted octanol–water partition coefficient (Wildman–Crippen LogP) is 2.31. The predicted molar refractivity (Wildman–Crippen MR) is 64.3 cm³/mol. The van der Waals surface area contributed by atoms with E-state index in [0.29, 0.717) is 0 Å². The fourth-order valence-corrected chi connectivity index (χ4v) is 1.63. The standard InChI is InChI=1S/C13H8F3NO5/c1-21-10(18)6-9(13(14,15)16)22-17-11(19)7-4-2-3-5-8(7)12(17)20/h2-5,18H,1H3. The van der Waals surface area contributed by atoms with E-state index in [2.05, 4.69) is 9.57 Å². The number of imide groups is 1. The second-order valence-corrected chi connectivity index (χ2v) is 4.00. The first kappa shape index (κ1) is 15.5. The second kappa shape index (κ2) is 5.45. The molecule has 6 nitrogen and oxygen atoms in total. The van der Waals surface area contributed by atoms with Crippen molar-refractivity contribution in [1.29, 1.82) is 0 Å². The van der Waals surface area contributed by atoms with Gasteiger partial charge in [-0.15, -0.1) is 0 Å². The van der Waals surface area contributed by atoms with Crippen molar-refractivity contribution in [2.24, 2.45) is 0 Å². The van der Waals surface area contributed by atoms with Crippen LogP contribution in [-0.4, -0.2) is 35.3 Å². The Balaban J connectivity index is 2.40. The Morgan fingerprint density at radius 2 is 1.68 bits per heavy atom. The van der Waals surface area contributed by atoms with Crippen molar-refractivity contribution < 1.29 is 37.4 Å². The number of alkyl halides is 3. The largest absolute Gasteiger partial charge is 0.475 e. The summed E-state index contributed by atoms with van der Waals surface area (Å²) in [6, 6.07) is 5.45. The number of benzene rings is 1. The zero-order chi connectivity index (χ0) is 16.5. The molecule has 0 aliphatic carbocycles. The van der Waals surface area contributed by atoms with Gasteiger partial charge < -0.3 is 14.7 Å². The monoisotopic (exact) mass is 315 g/mol. The molecule has 116 valence electrons. The van der Waals surface area contributed by atoms with Gasteiger partial charge in [-0.2, -0.15) is 13.2 Å². The average molecular weight is 315 g/mol. The van der Waals surface area contributed by atoms with Crippen molar-refractivity contribution in [1.82, 2.24) is 5.06 Å². The SMILES string of the molecule is COC(O)=C=C(ON1C(=O)c2ccccc2C1=O)C(F)(F)F. The zero-order valence-corrected chi connectivity index (χ0v) is 11.0. The van der Waals surface area contributed by atoms with Crippen molar-refractivity contribution in [3.63, 3.8) is 0 Å². The maximum absolute atomic E-state index is 12.8. The number of ether oxygens (including phenoxy) is 1. The Morgan fingerprint density at radius 3 is 2.09 bits per heavy atom. The quantitative estimate of drug-likeness (QED) is 0.526. The Labute approximate surface area is 121 Å². The zero-order valence-electron chi connectivity index (χ0n) is 11.0. The van der Waals surface area contributed by atoms with Crippen molar-refractivity contribution in [3.05, 3.63) is 52.8 Å². The third-order valence-electron chi connectivity index (χ3n) is 2.61. The maximum Gasteiger partial charge on any atom is 0.460 e. The summed E-state index contributed by atoms with van der Waals surface area (Å²) < 4.78 is 42.5. The number of hydrogen-bond donors (Lipinski definition) is 1. The number of carbonyl (C=O) groups is 2. The molecule has 2 rings (SSSR count). The van der Waals surface area contributed by atoms with Crippen molar-refractivity contribution >= 4 is 11.8 Å². The number of allylic oxidation sites excluding steroid dienone is 1. The minimum atomic E-state index is -5.11. The van der Waals surface area contributed by atoms with Gasteiger partial charge >= 0.3 is 12.1 Å². The molecule has 0 spiro atoms. The van der Waals surface area contributed by atoms with Crippen LogP contribution in [0.3, 0.4) is 0 Å². The summed E-state index contributed by atoms with van der Waals surface area (Å²) in [6.07, 6.45) is -5.11. The lowest BCUT2D eigenvalue weighted by molar-refractivity contribution is -0.170. The van der Waals surface area contributed by atoms with Crippen molar-refractivity contribution in [2.75, 3.05) is 7.11 Å². The number of amides is 2. The lowest BCUT2D eigenvalue weighted by atomic mass is 10.1. The van der Waals surface area contributed by atoms with Gasteiger partial charge in [-0.05, 0) is 12.1 Å². The van der Waals surface area contributed by atoms with Crippen LogP contribution in [0.2, 0.25) is 0 Å². The molecule has 1 N–H and O–H groups in total. The number of halogens is 3. The number of carbonyl (C=O) groups excluding carboxylic acids is 2. The molecular weight excluding hydrogens is 307 g/mol. The molecule has 0 unspecified atom stereocenters. The summed E-state index contributed by atoms with van der Waals surface area (Å²) >= 11 is 0. The Morgan fingerprint density at radius 1 is 1.18 bits per heavy atom. The molecule has 1 aliphatic heterocycles. The third-order valence-corrected chi connectivity index (χ3v) is 2.61. The molecule has 0 aromatic heterocycles. The van der Waals surface area contributed by atoms with Gasteiger partial charge in [0.15, 0.2) is 0 Å². The van der Waals surface area contributed by atoms with Gasteiger partial charge in [0, 0.05) is 5.73 Å². The number of nitrogens with zero attached hydrogens (tertiary/aromatic N) is 1. The normalized spacial score (nSPS) is 13.5. The van der Waals surface area contributed by atoms with E-state index in [1.807, 2.05) is 0 Å². The van der Waals surface area contributed by atoms with Gasteiger partial charge in [-0.25, -0.2) is 0 Å². The van der Waals surface area contributed by atoms with Crippen LogP contribution in [0.1, 0.15) is 20.7 Å². The van der Waals surface area contributed by atoms with Gasteiger partial charge in [0.05, 0.1) is 18.2 Å². The summed E-state index contributed by atoms with van der Waals surface area (Å²) in [5.41, 5.74) is 1.20. The summed E-state index contributed by atoms with van der Waals surface area (Å²) in [5, 5.41) is 8.91. The number of hydrogen-bond acceptors (Lipinski definition) is 5. The molecule has 22 heavy (non-hydrogen) atoms. The van der Waals surface area contributed by atoms with Crippen LogP contribution in [0.5, 0.6) is 0 Å². The number of aliphatic hydroxyl groups excluding tert-OH is 1. The van der Waals surface area contributed by atoms with E-state index in [-0.39, 0.29) is 16.2 Å². The molecule has 0 saturated carbocycles. The minimum absolute atomic E-state index is 0.0522. The van der Waals surface area contributed by atoms with Crippen LogP contribution >= 0.6 is 0 Å². The highest BCUT2D eigenvalue weighted by Gasteiger charge is 2.44. The molecule has 1 aliphatic rings. The van der Waals surface area contributed by atoms with Crippen LogP contribution in [0, 0.1) is 0 Å². The van der Waals surface area contributed by atoms with E-state index in [0.717, 1.165) is 7.11 Å². The van der Waals surface area contributed by atoms with Crippen molar-refractivity contribution in [2.45, 2.75) is 6.18 Å². The van der Waals surface area contributed by atoms with E-state index in [4.69, 9.17) is 5.11 Å². The topological polar surface area (TPSA) is 76.1 Å². The Hall–Kier alpha value is -2.93. The summed E-state index contributed by atoms with van der Waals surface area (Å²) in [5.74, 6) is -5.23. The molecule has 0 bridgehead atoms. The van der Waals surface area contributed by atoms with E-state index in [9.17, 15) is 22.8 Å². The third kappa shape index (κ3) is 2.75. The van der Waals surface area contributed by atoms with Crippen LogP contribution in [0.25, 0.3) is 0 Å². The first-order valence-corrected chi connectivity index (χ1v) is 5.72. The van der Waals surface area contributed by atoms with Gasteiger partial charge in [0.25, 0.3) is 17.6 Å². The number of fused-ring (bicyclic) bond motifs is 1. The summed E-state index contributed by atoms with van der Waals surface area (Å²) in [7, 11) is 0.901. The summed E-state index contributed by atoms with van der Waals surface area (Å²) in [4.78, 5) is 28.1. The molecular formula is C13H8F3NO5. The lowest BCUT2D eigenvalue weighted by Gasteiger charge is -2.16. The van der Waals surface area contributed by atoms with E-state index >= 15 is 0 Å². The number of aliphatic hydroxyl groups is 1. The molecule has 0 fully saturated rings. The average Bonchev–Trinajstić information content (AvgIpc) is 2.70. The molecule has 0 radical (unpaired) electrons. The van der Waals surface area contributed by atoms with E-state index < -0.39 is 29.7 Å². The van der Waals surface area contributed by atoms with Gasteiger partial charge in [-0.3, -0.25) is 9.59 Å². The fourth-order valence-electron chi connectivity index (χ4n) is 1.63. The Kier molecular flexibility index (Phi) is 3.83. The van der Waals surface area contributed by atoms with Crippen LogP contribution in [0.15, 0.2) is 41.7 Å². The maximum atomic E-state index is 12.8. The molecule has 9 heteroatoms. The van der Waals surface area contributed by atoms with Crippen LogP contribution in [0.4, 0.5) is 13.2 Å². The fraction of sp³-hybridized carbons (Fsp3) is 0.154. The highest BCUT2D eigenvalue weighted by atomic mass is 19.4. The molecule has 1 aromatic rings. The van der Waals surface area contributed by atoms with Gasteiger partial charge in [0.1, 0.15) is 0 Å². The molecule has 1 aromatic carbocycles. The first-order chi connectivity index (χ1) is 10.3. The first-order valence-electron chi connectivity index (χ1n) is 5.72. The minimum Gasteiger partial charge on any atom is -0.475 e. The van der Waals surface area contributed by atoms with Crippen LogP contribution in [-0.2, 0) is 9.57 Å². The van der Waals surface area contributed by atoms with E-state index in [1.54, 1.807) is 0 Å². The van der Waals surface area contributed by atoms with Crippen molar-refractivity contribution in [3.8, 4) is 0 Å². The molecule has 0 saturated heterocycles. The highest BCUT2D eigenvalue weighted by molar-refractivity contribution is 6.20. The smallest absolute Gasteiger partial charge is 0.460 e. The Bertz CT molecular complexity index is 669. The van der Waals surface area contributed by atoms with Gasteiger partial charge in [-0.1, -0.05) is 17.2 Å². The van der Waals surface area contributed by atoms with E-state index in [1.165, 1.54) is 30.0 Å². The molecule has 0 atom stereocenters. The van der Waals surface area contributed by atoms with Crippen LogP contribution < -0.4 is 0 Å². The van der Waals surface area contributed by atoms with Gasteiger partial charge in [0.2, 0.25) is 0 Å². The number of rotatable bonds is 3.